The molecule has 0 fully saturated rings. The summed E-state index contributed by atoms with van der Waals surface area (Å²) in [5.41, 5.74) is 1.17. The predicted octanol–water partition coefficient (Wildman–Crippen LogP) is 3.10. The lowest BCUT2D eigenvalue weighted by Crippen LogP contribution is -2.05. The molecule has 0 bridgehead atoms. The van der Waals surface area contributed by atoms with E-state index < -0.39 is 6.61 Å². The van der Waals surface area contributed by atoms with Crippen molar-refractivity contribution >= 4 is 5.82 Å². The zero-order valence-corrected chi connectivity index (χ0v) is 10.5. The highest BCUT2D eigenvalue weighted by Crippen LogP contribution is 2.29. The highest BCUT2D eigenvalue weighted by atomic mass is 19.3. The Morgan fingerprint density at radius 2 is 1.95 bits per heavy atom. The topological polar surface area (TPSA) is 47.0 Å². The summed E-state index contributed by atoms with van der Waals surface area (Å²) in [6.07, 6.45) is 0. The van der Waals surface area contributed by atoms with Crippen molar-refractivity contribution in [1.29, 1.82) is 0 Å². The normalized spacial score (nSPS) is 10.6. The molecular weight excluding hydrogens is 252 g/mol. The van der Waals surface area contributed by atoms with E-state index in [0.29, 0.717) is 17.2 Å². The number of rotatable bonds is 4. The molecule has 0 spiro atoms. The Balaban J connectivity index is 2.49. The largest absolute Gasteiger partial charge is 0.434 e. The first-order valence-electron chi connectivity index (χ1n) is 5.68. The maximum Gasteiger partial charge on any atom is 0.387 e. The standard InChI is InChI=1S/C13H13F2N3O/c1-8-7-11(16-2)18-12(17-8)9-5-3-4-6-10(9)19-13(14)15/h3-7,13H,1-2H3,(H,16,17,18). The van der Waals surface area contributed by atoms with Gasteiger partial charge in [-0.05, 0) is 19.1 Å². The van der Waals surface area contributed by atoms with E-state index in [2.05, 4.69) is 20.0 Å². The fourth-order valence-electron chi connectivity index (χ4n) is 1.67. The van der Waals surface area contributed by atoms with E-state index in [1.807, 2.05) is 6.92 Å². The number of aryl methyl sites for hydroxylation is 1. The highest BCUT2D eigenvalue weighted by Gasteiger charge is 2.13. The first-order valence-corrected chi connectivity index (χ1v) is 5.68. The Kier molecular flexibility index (Phi) is 3.89. The van der Waals surface area contributed by atoms with Crippen molar-refractivity contribution in [3.05, 3.63) is 36.0 Å². The molecule has 1 heterocycles. The number of hydrogen-bond acceptors (Lipinski definition) is 4. The zero-order chi connectivity index (χ0) is 13.8. The fourth-order valence-corrected chi connectivity index (χ4v) is 1.67. The van der Waals surface area contributed by atoms with Gasteiger partial charge in [-0.2, -0.15) is 8.78 Å². The minimum absolute atomic E-state index is 0.0603. The molecule has 0 unspecified atom stereocenters. The van der Waals surface area contributed by atoms with Crippen molar-refractivity contribution in [2.45, 2.75) is 13.5 Å². The van der Waals surface area contributed by atoms with Gasteiger partial charge >= 0.3 is 6.61 Å². The van der Waals surface area contributed by atoms with Crippen LogP contribution in [-0.2, 0) is 0 Å². The van der Waals surface area contributed by atoms with Gasteiger partial charge in [0, 0.05) is 18.8 Å². The molecule has 0 radical (unpaired) electrons. The molecule has 100 valence electrons. The Morgan fingerprint density at radius 3 is 2.63 bits per heavy atom. The van der Waals surface area contributed by atoms with Gasteiger partial charge in [-0.3, -0.25) is 0 Å². The number of anilines is 1. The fraction of sp³-hybridized carbons (Fsp3) is 0.231. The van der Waals surface area contributed by atoms with E-state index in [0.717, 1.165) is 5.69 Å². The lowest BCUT2D eigenvalue weighted by molar-refractivity contribution is -0.0494. The first kappa shape index (κ1) is 13.2. The van der Waals surface area contributed by atoms with Gasteiger partial charge < -0.3 is 10.1 Å². The number of nitrogens with one attached hydrogen (secondary N) is 1. The van der Waals surface area contributed by atoms with E-state index in [-0.39, 0.29) is 5.75 Å². The smallest absolute Gasteiger partial charge is 0.387 e. The number of alkyl halides is 2. The number of nitrogens with zero attached hydrogens (tertiary/aromatic N) is 2. The third-order valence-corrected chi connectivity index (χ3v) is 2.45. The lowest BCUT2D eigenvalue weighted by Gasteiger charge is -2.10. The molecule has 0 atom stereocenters. The Morgan fingerprint density at radius 1 is 1.21 bits per heavy atom. The van der Waals surface area contributed by atoms with Crippen molar-refractivity contribution in [1.82, 2.24) is 9.97 Å². The second-order valence-electron chi connectivity index (χ2n) is 3.84. The average Bonchev–Trinajstić information content (AvgIpc) is 2.38. The third kappa shape index (κ3) is 3.15. The van der Waals surface area contributed by atoms with Crippen LogP contribution in [0.3, 0.4) is 0 Å². The minimum atomic E-state index is -2.88. The maximum absolute atomic E-state index is 12.4. The molecule has 0 saturated heterocycles. The van der Waals surface area contributed by atoms with Crippen LogP contribution in [0, 0.1) is 6.92 Å². The number of para-hydroxylation sites is 1. The molecule has 0 aliphatic carbocycles. The van der Waals surface area contributed by atoms with Crippen LogP contribution in [0.2, 0.25) is 0 Å². The number of halogens is 2. The van der Waals surface area contributed by atoms with Crippen molar-refractivity contribution in [2.75, 3.05) is 12.4 Å². The van der Waals surface area contributed by atoms with Crippen LogP contribution >= 0.6 is 0 Å². The average molecular weight is 265 g/mol. The maximum atomic E-state index is 12.4. The molecule has 1 aromatic heterocycles. The number of benzene rings is 1. The van der Waals surface area contributed by atoms with Crippen LogP contribution in [-0.4, -0.2) is 23.6 Å². The minimum Gasteiger partial charge on any atom is -0.434 e. The first-order chi connectivity index (χ1) is 9.10. The van der Waals surface area contributed by atoms with Gasteiger partial charge in [-0.15, -0.1) is 0 Å². The van der Waals surface area contributed by atoms with E-state index in [4.69, 9.17) is 0 Å². The molecule has 0 aliphatic heterocycles. The molecule has 0 saturated carbocycles. The highest BCUT2D eigenvalue weighted by molar-refractivity contribution is 5.65. The van der Waals surface area contributed by atoms with Gasteiger partial charge in [0.25, 0.3) is 0 Å². The third-order valence-electron chi connectivity index (χ3n) is 2.45. The summed E-state index contributed by atoms with van der Waals surface area (Å²) in [6, 6.07) is 8.21. The van der Waals surface area contributed by atoms with Gasteiger partial charge in [0.2, 0.25) is 0 Å². The summed E-state index contributed by atoms with van der Waals surface area (Å²) in [5, 5.41) is 2.90. The van der Waals surface area contributed by atoms with E-state index >= 15 is 0 Å². The molecule has 0 amide bonds. The van der Waals surface area contributed by atoms with Crippen molar-refractivity contribution in [3.63, 3.8) is 0 Å². The Bertz CT molecular complexity index is 576. The quantitative estimate of drug-likeness (QED) is 0.922. The van der Waals surface area contributed by atoms with Crippen LogP contribution in [0.4, 0.5) is 14.6 Å². The van der Waals surface area contributed by atoms with Crippen LogP contribution in [0.25, 0.3) is 11.4 Å². The monoisotopic (exact) mass is 265 g/mol. The SMILES string of the molecule is CNc1cc(C)nc(-c2ccccc2OC(F)F)n1. The molecule has 2 rings (SSSR count). The summed E-state index contributed by atoms with van der Waals surface area (Å²) < 4.78 is 29.2. The Labute approximate surface area is 109 Å². The van der Waals surface area contributed by atoms with Crippen molar-refractivity contribution in [2.24, 2.45) is 0 Å². The molecule has 4 nitrogen and oxygen atoms in total. The van der Waals surface area contributed by atoms with Crippen LogP contribution in [0.1, 0.15) is 5.69 Å². The van der Waals surface area contributed by atoms with Gasteiger partial charge in [-0.1, -0.05) is 12.1 Å². The van der Waals surface area contributed by atoms with Gasteiger partial charge in [0.15, 0.2) is 5.82 Å². The van der Waals surface area contributed by atoms with Gasteiger partial charge in [0.1, 0.15) is 11.6 Å². The van der Waals surface area contributed by atoms with E-state index in [9.17, 15) is 8.78 Å². The van der Waals surface area contributed by atoms with E-state index in [1.54, 1.807) is 31.3 Å². The molecule has 19 heavy (non-hydrogen) atoms. The van der Waals surface area contributed by atoms with Crippen molar-refractivity contribution < 1.29 is 13.5 Å². The van der Waals surface area contributed by atoms with Crippen LogP contribution < -0.4 is 10.1 Å². The summed E-state index contributed by atoms with van der Waals surface area (Å²) >= 11 is 0. The summed E-state index contributed by atoms with van der Waals surface area (Å²) in [7, 11) is 1.73. The molecule has 1 aromatic carbocycles. The Hall–Kier alpha value is -2.24. The van der Waals surface area contributed by atoms with Crippen LogP contribution in [0.5, 0.6) is 5.75 Å². The van der Waals surface area contributed by atoms with E-state index in [1.165, 1.54) is 6.07 Å². The molecule has 0 aliphatic rings. The summed E-state index contributed by atoms with van der Waals surface area (Å²) in [4.78, 5) is 8.49. The van der Waals surface area contributed by atoms with Crippen molar-refractivity contribution in [3.8, 4) is 17.1 Å². The lowest BCUT2D eigenvalue weighted by atomic mass is 10.2. The summed E-state index contributed by atoms with van der Waals surface area (Å²) in [5.74, 6) is 1.03. The number of aromatic nitrogens is 2. The second kappa shape index (κ2) is 5.60. The molecule has 2 aromatic rings. The van der Waals surface area contributed by atoms with Crippen LogP contribution in [0.15, 0.2) is 30.3 Å². The summed E-state index contributed by atoms with van der Waals surface area (Å²) in [6.45, 7) is -1.07. The van der Waals surface area contributed by atoms with Gasteiger partial charge in [0.05, 0.1) is 5.56 Å². The molecule has 1 N–H and O–H groups in total. The second-order valence-corrected chi connectivity index (χ2v) is 3.84. The number of hydrogen-bond donors (Lipinski definition) is 1. The zero-order valence-electron chi connectivity index (χ0n) is 10.5. The number of ether oxygens (including phenoxy) is 1. The van der Waals surface area contributed by atoms with Gasteiger partial charge in [-0.25, -0.2) is 9.97 Å². The predicted molar refractivity (Wildman–Crippen MR) is 68.4 cm³/mol. The molecule has 6 heteroatoms. The molecular formula is C13H13F2N3O.